The van der Waals surface area contributed by atoms with Gasteiger partial charge < -0.3 is 10.3 Å². The Morgan fingerprint density at radius 1 is 1.44 bits per heavy atom. The van der Waals surface area contributed by atoms with Crippen molar-refractivity contribution in [3.63, 3.8) is 0 Å². The van der Waals surface area contributed by atoms with Crippen molar-refractivity contribution in [1.82, 2.24) is 29.7 Å². The fourth-order valence-electron chi connectivity index (χ4n) is 1.68. The van der Waals surface area contributed by atoms with Gasteiger partial charge in [0, 0.05) is 13.2 Å². The van der Waals surface area contributed by atoms with Crippen LogP contribution in [0.2, 0.25) is 5.28 Å². The van der Waals surface area contributed by atoms with E-state index in [0.29, 0.717) is 18.0 Å². The number of aromatic amines is 1. The number of nitrogens with one attached hydrogen (secondary N) is 2. The molecule has 0 saturated carbocycles. The SMILES string of the molecule is Cn1nccc1CNc1nc(Cl)nc2nc[nH]c12. The first-order valence-corrected chi connectivity index (χ1v) is 5.69. The quantitative estimate of drug-likeness (QED) is 0.697. The summed E-state index contributed by atoms with van der Waals surface area (Å²) in [7, 11) is 1.88. The lowest BCUT2D eigenvalue weighted by Crippen LogP contribution is -2.07. The molecule has 0 radical (unpaired) electrons. The molecule has 0 fully saturated rings. The molecule has 0 aliphatic rings. The highest BCUT2D eigenvalue weighted by Gasteiger charge is 2.09. The maximum atomic E-state index is 5.84. The number of hydrogen-bond donors (Lipinski definition) is 2. The monoisotopic (exact) mass is 263 g/mol. The Morgan fingerprint density at radius 3 is 3.11 bits per heavy atom. The second kappa shape index (κ2) is 4.26. The molecule has 92 valence electrons. The molecule has 3 rings (SSSR count). The predicted molar refractivity (Wildman–Crippen MR) is 67.2 cm³/mol. The molecule has 0 amide bonds. The molecule has 0 saturated heterocycles. The lowest BCUT2D eigenvalue weighted by molar-refractivity contribution is 0.720. The molecule has 0 aliphatic carbocycles. The zero-order valence-electron chi connectivity index (χ0n) is 9.55. The lowest BCUT2D eigenvalue weighted by Gasteiger charge is -2.06. The normalized spacial score (nSPS) is 11.0. The Bertz CT molecular complexity index is 686. The highest BCUT2D eigenvalue weighted by molar-refractivity contribution is 6.28. The standard InChI is InChI=1S/C10H10ClN7/c1-18-6(2-3-15-18)4-12-8-7-9(14-5-13-7)17-10(11)16-8/h2-3,5H,4H2,1H3,(H2,12,13,14,16,17). The van der Waals surface area contributed by atoms with Crippen LogP contribution in [0, 0.1) is 0 Å². The minimum absolute atomic E-state index is 0.169. The Kier molecular flexibility index (Phi) is 2.60. The van der Waals surface area contributed by atoms with Gasteiger partial charge in [0.25, 0.3) is 0 Å². The molecule has 0 spiro atoms. The minimum atomic E-state index is 0.169. The number of aromatic nitrogens is 6. The van der Waals surface area contributed by atoms with Crippen molar-refractivity contribution in [2.75, 3.05) is 5.32 Å². The Balaban J connectivity index is 1.90. The minimum Gasteiger partial charge on any atom is -0.362 e. The van der Waals surface area contributed by atoms with Gasteiger partial charge in [-0.25, -0.2) is 4.98 Å². The average Bonchev–Trinajstić information content (AvgIpc) is 2.94. The van der Waals surface area contributed by atoms with Crippen LogP contribution in [0.4, 0.5) is 5.82 Å². The van der Waals surface area contributed by atoms with Crippen molar-refractivity contribution in [2.45, 2.75) is 6.54 Å². The van der Waals surface area contributed by atoms with Gasteiger partial charge in [-0.3, -0.25) is 4.68 Å². The number of halogens is 1. The molecule has 0 aromatic carbocycles. The number of hydrogen-bond acceptors (Lipinski definition) is 5. The maximum Gasteiger partial charge on any atom is 0.226 e. The summed E-state index contributed by atoms with van der Waals surface area (Å²) < 4.78 is 1.79. The van der Waals surface area contributed by atoms with Crippen molar-refractivity contribution in [3.8, 4) is 0 Å². The molecule has 0 atom stereocenters. The number of imidazole rings is 1. The summed E-state index contributed by atoms with van der Waals surface area (Å²) in [5.41, 5.74) is 2.32. The molecule has 7 nitrogen and oxygen atoms in total. The fraction of sp³-hybridized carbons (Fsp3) is 0.200. The van der Waals surface area contributed by atoms with Gasteiger partial charge in [-0.2, -0.15) is 15.1 Å². The number of anilines is 1. The van der Waals surface area contributed by atoms with Gasteiger partial charge in [-0.1, -0.05) is 0 Å². The summed E-state index contributed by atoms with van der Waals surface area (Å²) >= 11 is 5.84. The van der Waals surface area contributed by atoms with Gasteiger partial charge in [0.05, 0.1) is 18.6 Å². The van der Waals surface area contributed by atoms with Crippen molar-refractivity contribution < 1.29 is 0 Å². The number of fused-ring (bicyclic) bond motifs is 1. The summed E-state index contributed by atoms with van der Waals surface area (Å²) in [5.74, 6) is 0.628. The Labute approximate surface area is 107 Å². The summed E-state index contributed by atoms with van der Waals surface area (Å²) in [4.78, 5) is 15.2. The molecule has 2 N–H and O–H groups in total. The first kappa shape index (κ1) is 11.0. The number of aryl methyl sites for hydroxylation is 1. The van der Waals surface area contributed by atoms with Crippen molar-refractivity contribution in [1.29, 1.82) is 0 Å². The van der Waals surface area contributed by atoms with E-state index in [0.717, 1.165) is 11.2 Å². The highest BCUT2D eigenvalue weighted by Crippen LogP contribution is 2.19. The predicted octanol–water partition coefficient (Wildman–Crippen LogP) is 1.35. The molecule has 8 heteroatoms. The second-order valence-corrected chi connectivity index (χ2v) is 4.08. The van der Waals surface area contributed by atoms with Crippen molar-refractivity contribution >= 4 is 28.6 Å². The van der Waals surface area contributed by atoms with Gasteiger partial charge in [-0.05, 0) is 17.7 Å². The molecule has 3 aromatic rings. The van der Waals surface area contributed by atoms with Crippen molar-refractivity contribution in [2.24, 2.45) is 7.05 Å². The molecule has 0 unspecified atom stereocenters. The van der Waals surface area contributed by atoms with Crippen LogP contribution in [0.3, 0.4) is 0 Å². The summed E-state index contributed by atoms with van der Waals surface area (Å²) in [6.07, 6.45) is 3.31. The Morgan fingerprint density at radius 2 is 2.33 bits per heavy atom. The van der Waals surface area contributed by atoms with Gasteiger partial charge in [0.15, 0.2) is 11.5 Å². The van der Waals surface area contributed by atoms with Crippen LogP contribution in [0.5, 0.6) is 0 Å². The van der Waals surface area contributed by atoms with Crippen LogP contribution in [0.1, 0.15) is 5.69 Å². The third kappa shape index (κ3) is 1.88. The summed E-state index contributed by atoms with van der Waals surface area (Å²) in [6, 6.07) is 1.93. The lowest BCUT2D eigenvalue weighted by atomic mass is 10.4. The van der Waals surface area contributed by atoms with Gasteiger partial charge in [0.1, 0.15) is 5.52 Å². The van der Waals surface area contributed by atoms with E-state index in [1.807, 2.05) is 13.1 Å². The van der Waals surface area contributed by atoms with E-state index in [9.17, 15) is 0 Å². The van der Waals surface area contributed by atoms with Crippen LogP contribution < -0.4 is 5.32 Å². The Hall–Kier alpha value is -2.15. The van der Waals surface area contributed by atoms with Gasteiger partial charge in [0.2, 0.25) is 5.28 Å². The smallest absolute Gasteiger partial charge is 0.226 e. The van der Waals surface area contributed by atoms with Gasteiger partial charge in [-0.15, -0.1) is 0 Å². The van der Waals surface area contributed by atoms with Gasteiger partial charge >= 0.3 is 0 Å². The van der Waals surface area contributed by atoms with E-state index >= 15 is 0 Å². The molecule has 3 aromatic heterocycles. The van der Waals surface area contributed by atoms with Crippen molar-refractivity contribution in [3.05, 3.63) is 29.6 Å². The van der Waals surface area contributed by atoms with E-state index in [1.54, 1.807) is 17.2 Å². The third-order valence-electron chi connectivity index (χ3n) is 2.62. The molecule has 0 bridgehead atoms. The van der Waals surface area contributed by atoms with E-state index in [1.165, 1.54) is 0 Å². The number of rotatable bonds is 3. The molecule has 3 heterocycles. The molecule has 0 aliphatic heterocycles. The van der Waals surface area contributed by atoms with Crippen LogP contribution in [-0.2, 0) is 13.6 Å². The van der Waals surface area contributed by atoms with E-state index in [2.05, 4.69) is 30.4 Å². The maximum absolute atomic E-state index is 5.84. The first-order chi connectivity index (χ1) is 8.74. The first-order valence-electron chi connectivity index (χ1n) is 5.31. The second-order valence-electron chi connectivity index (χ2n) is 3.74. The number of nitrogens with zero attached hydrogens (tertiary/aromatic N) is 5. The van der Waals surface area contributed by atoms with Crippen LogP contribution in [0.15, 0.2) is 18.6 Å². The average molecular weight is 264 g/mol. The largest absolute Gasteiger partial charge is 0.362 e. The summed E-state index contributed by atoms with van der Waals surface area (Å²) in [6.45, 7) is 0.595. The summed E-state index contributed by atoms with van der Waals surface area (Å²) in [5, 5.41) is 7.46. The van der Waals surface area contributed by atoms with Crippen LogP contribution in [-0.4, -0.2) is 29.7 Å². The third-order valence-corrected chi connectivity index (χ3v) is 2.79. The highest BCUT2D eigenvalue weighted by atomic mass is 35.5. The fourth-order valence-corrected chi connectivity index (χ4v) is 1.85. The molecule has 18 heavy (non-hydrogen) atoms. The zero-order valence-corrected chi connectivity index (χ0v) is 10.3. The van der Waals surface area contributed by atoms with Crippen LogP contribution in [0.25, 0.3) is 11.2 Å². The van der Waals surface area contributed by atoms with E-state index < -0.39 is 0 Å². The number of H-pyrrole nitrogens is 1. The van der Waals surface area contributed by atoms with Crippen LogP contribution >= 0.6 is 11.6 Å². The van der Waals surface area contributed by atoms with E-state index in [-0.39, 0.29) is 5.28 Å². The van der Waals surface area contributed by atoms with E-state index in [4.69, 9.17) is 11.6 Å². The molecular weight excluding hydrogens is 254 g/mol. The topological polar surface area (TPSA) is 84.3 Å². The zero-order chi connectivity index (χ0) is 12.5. The molecular formula is C10H10ClN7.